The van der Waals surface area contributed by atoms with Crippen molar-refractivity contribution in [1.82, 2.24) is 35.0 Å². The second kappa shape index (κ2) is 7.34. The van der Waals surface area contributed by atoms with Crippen LogP contribution in [-0.2, 0) is 6.42 Å². The molecule has 5 heterocycles. The Kier molecular flexibility index (Phi) is 4.14. The molecule has 1 N–H and O–H groups in total. The Morgan fingerprint density at radius 1 is 1.09 bits per heavy atom. The van der Waals surface area contributed by atoms with Crippen LogP contribution in [0.25, 0.3) is 22.6 Å². The highest BCUT2D eigenvalue weighted by Gasteiger charge is 2.42. The van der Waals surface area contributed by atoms with Crippen LogP contribution in [0.2, 0.25) is 0 Å². The molecular weight excluding hydrogens is 434 g/mol. The highest BCUT2D eigenvalue weighted by Crippen LogP contribution is 2.50. The molecule has 5 aromatic rings. The first-order valence-electron chi connectivity index (χ1n) is 11.2. The molecule has 4 aromatic heterocycles. The molecule has 0 unspecified atom stereocenters. The molecule has 1 fully saturated rings. The fourth-order valence-electron chi connectivity index (χ4n) is 4.79. The van der Waals surface area contributed by atoms with Gasteiger partial charge in [0.15, 0.2) is 0 Å². The Labute approximate surface area is 193 Å². The molecule has 0 radical (unpaired) electrons. The van der Waals surface area contributed by atoms with E-state index in [0.29, 0.717) is 24.6 Å². The maximum atomic E-state index is 13.7. The molecule has 1 atom stereocenters. The summed E-state index contributed by atoms with van der Waals surface area (Å²) in [5.41, 5.74) is 4.18. The van der Waals surface area contributed by atoms with E-state index in [2.05, 4.69) is 36.2 Å². The Bertz CT molecular complexity index is 1520. The standard InChI is InChI=1S/C24H19N7O3/c32-24(23-30-29-22(34-23)16-11-25-8-9-26-16)31-10-7-15-19(28-12-27-15)20(31)21-18(13-5-6-13)14-3-1-2-4-17(14)33-21/h1-4,8-9,11-13,20H,5-7,10H2,(H,27,28)/t20-/m1/s1. The molecule has 0 bridgehead atoms. The zero-order valence-electron chi connectivity index (χ0n) is 18.0. The van der Waals surface area contributed by atoms with Crippen molar-refractivity contribution in [3.05, 3.63) is 77.8 Å². The first-order chi connectivity index (χ1) is 16.8. The van der Waals surface area contributed by atoms with E-state index >= 15 is 0 Å². The van der Waals surface area contributed by atoms with E-state index in [-0.39, 0.29) is 17.7 Å². The number of fused-ring (bicyclic) bond motifs is 2. The fraction of sp³-hybridized carbons (Fsp3) is 0.250. The monoisotopic (exact) mass is 453 g/mol. The lowest BCUT2D eigenvalue weighted by Gasteiger charge is -2.33. The largest absolute Gasteiger partial charge is 0.458 e. The second-order valence-corrected chi connectivity index (χ2v) is 8.57. The Morgan fingerprint density at radius 3 is 2.85 bits per heavy atom. The lowest BCUT2D eigenvalue weighted by atomic mass is 9.95. The number of aromatic nitrogens is 6. The Morgan fingerprint density at radius 2 is 2.00 bits per heavy atom. The summed E-state index contributed by atoms with van der Waals surface area (Å²) in [5.74, 6) is 0.857. The van der Waals surface area contributed by atoms with E-state index in [1.807, 2.05) is 18.2 Å². The van der Waals surface area contributed by atoms with Gasteiger partial charge in [-0.15, -0.1) is 10.2 Å². The number of amides is 1. The maximum absolute atomic E-state index is 13.7. The molecule has 1 aromatic carbocycles. The predicted molar refractivity (Wildman–Crippen MR) is 119 cm³/mol. The molecule has 10 nitrogen and oxygen atoms in total. The predicted octanol–water partition coefficient (Wildman–Crippen LogP) is 3.66. The second-order valence-electron chi connectivity index (χ2n) is 8.57. The van der Waals surface area contributed by atoms with E-state index in [1.165, 1.54) is 18.0 Å². The molecule has 34 heavy (non-hydrogen) atoms. The Balaban J connectivity index is 1.34. The van der Waals surface area contributed by atoms with Crippen molar-refractivity contribution in [1.29, 1.82) is 0 Å². The summed E-state index contributed by atoms with van der Waals surface area (Å²) in [5, 5.41) is 9.13. The number of hydrogen-bond acceptors (Lipinski definition) is 8. The third-order valence-corrected chi connectivity index (χ3v) is 6.47. The number of carbonyl (C=O) groups is 1. The van der Waals surface area contributed by atoms with Crippen molar-refractivity contribution in [2.45, 2.75) is 31.2 Å². The lowest BCUT2D eigenvalue weighted by Crippen LogP contribution is -2.41. The molecule has 2 aliphatic rings. The Hall–Kier alpha value is -4.34. The fourth-order valence-corrected chi connectivity index (χ4v) is 4.79. The molecule has 1 aliphatic carbocycles. The molecule has 1 amide bonds. The van der Waals surface area contributed by atoms with Gasteiger partial charge in [-0.3, -0.25) is 9.78 Å². The van der Waals surface area contributed by atoms with Crippen molar-refractivity contribution in [2.75, 3.05) is 6.54 Å². The number of carbonyl (C=O) groups excluding carboxylic acids is 1. The normalized spacial score (nSPS) is 17.8. The summed E-state index contributed by atoms with van der Waals surface area (Å²) in [7, 11) is 0. The summed E-state index contributed by atoms with van der Waals surface area (Å²) >= 11 is 0. The van der Waals surface area contributed by atoms with E-state index in [9.17, 15) is 4.79 Å². The number of rotatable bonds is 4. The number of para-hydroxylation sites is 1. The van der Waals surface area contributed by atoms with Crippen molar-refractivity contribution >= 4 is 16.9 Å². The van der Waals surface area contributed by atoms with Gasteiger partial charge in [0.1, 0.15) is 23.1 Å². The minimum Gasteiger partial charge on any atom is -0.458 e. The van der Waals surface area contributed by atoms with Gasteiger partial charge in [-0.2, -0.15) is 0 Å². The molecule has 10 heteroatoms. The summed E-state index contributed by atoms with van der Waals surface area (Å²) in [6.45, 7) is 0.461. The van der Waals surface area contributed by atoms with E-state index < -0.39 is 6.04 Å². The van der Waals surface area contributed by atoms with Gasteiger partial charge >= 0.3 is 11.8 Å². The topological polar surface area (TPSA) is 127 Å². The van der Waals surface area contributed by atoms with Crippen LogP contribution in [0.5, 0.6) is 0 Å². The minimum atomic E-state index is -0.489. The van der Waals surface area contributed by atoms with Crippen LogP contribution < -0.4 is 0 Å². The molecule has 1 saturated carbocycles. The van der Waals surface area contributed by atoms with Crippen molar-refractivity contribution < 1.29 is 13.6 Å². The van der Waals surface area contributed by atoms with Crippen LogP contribution in [-0.4, -0.2) is 47.5 Å². The first-order valence-corrected chi connectivity index (χ1v) is 11.2. The smallest absolute Gasteiger partial charge is 0.312 e. The first kappa shape index (κ1) is 19.2. The van der Waals surface area contributed by atoms with E-state index in [4.69, 9.17) is 8.83 Å². The number of furan rings is 1. The third kappa shape index (κ3) is 2.95. The van der Waals surface area contributed by atoms with Gasteiger partial charge in [-0.25, -0.2) is 9.97 Å². The summed E-state index contributed by atoms with van der Waals surface area (Å²) in [6.07, 6.45) is 9.12. The molecular formula is C24H19N7O3. The van der Waals surface area contributed by atoms with Gasteiger partial charge in [0, 0.05) is 42.0 Å². The average Bonchev–Trinajstić information content (AvgIpc) is 3.27. The molecule has 0 spiro atoms. The summed E-state index contributed by atoms with van der Waals surface area (Å²) in [6, 6.07) is 7.54. The molecule has 7 rings (SSSR count). The van der Waals surface area contributed by atoms with Gasteiger partial charge in [0.05, 0.1) is 18.2 Å². The van der Waals surface area contributed by atoms with Gasteiger partial charge in [0.2, 0.25) is 0 Å². The highest BCUT2D eigenvalue weighted by molar-refractivity contribution is 5.91. The summed E-state index contributed by atoms with van der Waals surface area (Å²) < 4.78 is 12.1. The maximum Gasteiger partial charge on any atom is 0.312 e. The van der Waals surface area contributed by atoms with Crippen molar-refractivity contribution in [2.24, 2.45) is 0 Å². The van der Waals surface area contributed by atoms with Crippen LogP contribution in [0.1, 0.15) is 58.2 Å². The molecule has 1 aliphatic heterocycles. The van der Waals surface area contributed by atoms with Crippen molar-refractivity contribution in [3.63, 3.8) is 0 Å². The highest BCUT2D eigenvalue weighted by atomic mass is 16.4. The number of nitrogens with zero attached hydrogens (tertiary/aromatic N) is 6. The lowest BCUT2D eigenvalue weighted by molar-refractivity contribution is 0.0631. The van der Waals surface area contributed by atoms with Crippen LogP contribution in [0.4, 0.5) is 0 Å². The zero-order chi connectivity index (χ0) is 22.6. The van der Waals surface area contributed by atoms with E-state index in [1.54, 1.807) is 17.4 Å². The van der Waals surface area contributed by atoms with Gasteiger partial charge in [-0.05, 0) is 24.8 Å². The molecule has 168 valence electrons. The van der Waals surface area contributed by atoms with Crippen LogP contribution in [0, 0.1) is 0 Å². The van der Waals surface area contributed by atoms with E-state index in [0.717, 1.165) is 41.0 Å². The third-order valence-electron chi connectivity index (χ3n) is 6.47. The van der Waals surface area contributed by atoms with Gasteiger partial charge in [0.25, 0.3) is 5.89 Å². The average molecular weight is 453 g/mol. The van der Waals surface area contributed by atoms with Crippen LogP contribution in [0.15, 0.2) is 58.0 Å². The van der Waals surface area contributed by atoms with Gasteiger partial charge in [-0.1, -0.05) is 18.2 Å². The number of H-pyrrole nitrogens is 1. The molecule has 0 saturated heterocycles. The number of benzene rings is 1. The SMILES string of the molecule is O=C(c1nnc(-c2cnccn2)o1)N1CCc2[nH]cnc2[C@@H]1c1oc2ccccc2c1C1CC1. The zero-order valence-corrected chi connectivity index (χ0v) is 18.0. The number of imidazole rings is 1. The van der Waals surface area contributed by atoms with Crippen molar-refractivity contribution in [3.8, 4) is 11.6 Å². The number of hydrogen-bond donors (Lipinski definition) is 1. The summed E-state index contributed by atoms with van der Waals surface area (Å²) in [4.78, 5) is 31.4. The quantitative estimate of drug-likeness (QED) is 0.437. The van der Waals surface area contributed by atoms with Crippen LogP contribution in [0.3, 0.4) is 0 Å². The van der Waals surface area contributed by atoms with Crippen LogP contribution >= 0.6 is 0 Å². The number of aromatic amines is 1. The minimum absolute atomic E-state index is 0.103. The number of nitrogens with one attached hydrogen (secondary N) is 1. The van der Waals surface area contributed by atoms with Gasteiger partial charge < -0.3 is 18.7 Å².